The molecule has 0 aliphatic rings. The maximum Gasteiger partial charge on any atom is 0.298 e. The number of anilines is 1. The van der Waals surface area contributed by atoms with Crippen molar-refractivity contribution in [2.24, 2.45) is 0 Å². The fraction of sp³-hybridized carbons (Fsp3) is 0.273. The molecular formula is C11H12FN3OS. The molecule has 2 N–H and O–H groups in total. The summed E-state index contributed by atoms with van der Waals surface area (Å²) in [6.07, 6.45) is 1.80. The Morgan fingerprint density at radius 3 is 3.00 bits per heavy atom. The number of hydrogen-bond donors (Lipinski definition) is 1. The predicted octanol–water partition coefficient (Wildman–Crippen LogP) is 3.00. The van der Waals surface area contributed by atoms with E-state index in [0.29, 0.717) is 10.9 Å². The van der Waals surface area contributed by atoms with Crippen LogP contribution in [0.3, 0.4) is 0 Å². The first-order valence-electron chi connectivity index (χ1n) is 5.24. The fourth-order valence-corrected chi connectivity index (χ4v) is 1.90. The molecule has 0 unspecified atom stereocenters. The summed E-state index contributed by atoms with van der Waals surface area (Å²) in [5.74, 6) is 0.762. The third-order valence-electron chi connectivity index (χ3n) is 2.09. The van der Waals surface area contributed by atoms with Gasteiger partial charge in [-0.25, -0.2) is 4.39 Å². The van der Waals surface area contributed by atoms with Gasteiger partial charge in [-0.3, -0.25) is 0 Å². The minimum absolute atomic E-state index is 0.247. The monoisotopic (exact) mass is 253 g/mol. The lowest BCUT2D eigenvalue weighted by molar-refractivity contribution is 0.477. The maximum atomic E-state index is 12.8. The Kier molecular flexibility index (Phi) is 3.53. The molecule has 0 atom stereocenters. The number of nitrogen functional groups attached to an aromatic ring is 1. The zero-order chi connectivity index (χ0) is 12.3. The van der Waals surface area contributed by atoms with Crippen molar-refractivity contribution >= 4 is 17.2 Å². The number of nitrogens with two attached hydrogens (primary N) is 1. The van der Waals surface area contributed by atoms with Gasteiger partial charge in [0.25, 0.3) is 5.19 Å². The van der Waals surface area contributed by atoms with E-state index < -0.39 is 5.82 Å². The molecule has 2 aromatic rings. The Bertz CT molecular complexity index is 515. The standard InChI is InChI=1S/C11H12FN3OS/c1-2-3-10-14-11(17-15-10)16-9-5-4-7(12)6-8(9)13/h4-6H,2-3,13H2,1H3. The quantitative estimate of drug-likeness (QED) is 0.851. The van der Waals surface area contributed by atoms with Gasteiger partial charge in [0.1, 0.15) is 11.6 Å². The van der Waals surface area contributed by atoms with E-state index in [1.54, 1.807) is 0 Å². The molecule has 6 heteroatoms. The lowest BCUT2D eigenvalue weighted by Crippen LogP contribution is -1.93. The number of ether oxygens (including phenoxy) is 1. The Labute approximate surface area is 102 Å². The van der Waals surface area contributed by atoms with Crippen molar-refractivity contribution in [3.05, 3.63) is 29.8 Å². The van der Waals surface area contributed by atoms with Gasteiger partial charge in [-0.1, -0.05) is 6.92 Å². The molecule has 0 saturated carbocycles. The van der Waals surface area contributed by atoms with Crippen LogP contribution in [0.15, 0.2) is 18.2 Å². The number of aryl methyl sites for hydroxylation is 1. The normalized spacial score (nSPS) is 10.5. The summed E-state index contributed by atoms with van der Waals surface area (Å²) in [4.78, 5) is 4.19. The molecule has 1 aromatic heterocycles. The van der Waals surface area contributed by atoms with E-state index >= 15 is 0 Å². The van der Waals surface area contributed by atoms with Crippen molar-refractivity contribution in [3.8, 4) is 10.9 Å². The van der Waals surface area contributed by atoms with E-state index in [-0.39, 0.29) is 5.69 Å². The Balaban J connectivity index is 2.13. The molecule has 4 nitrogen and oxygen atoms in total. The molecule has 0 spiro atoms. The van der Waals surface area contributed by atoms with Crippen LogP contribution in [-0.4, -0.2) is 9.36 Å². The summed E-state index contributed by atoms with van der Waals surface area (Å²) in [7, 11) is 0. The van der Waals surface area contributed by atoms with Crippen LogP contribution in [0.2, 0.25) is 0 Å². The third-order valence-corrected chi connectivity index (χ3v) is 2.73. The zero-order valence-corrected chi connectivity index (χ0v) is 10.1. The zero-order valence-electron chi connectivity index (χ0n) is 9.31. The van der Waals surface area contributed by atoms with E-state index in [2.05, 4.69) is 16.3 Å². The first kappa shape index (κ1) is 11.8. The van der Waals surface area contributed by atoms with Crippen molar-refractivity contribution in [3.63, 3.8) is 0 Å². The van der Waals surface area contributed by atoms with Gasteiger partial charge in [-0.15, -0.1) is 0 Å². The average Bonchev–Trinajstić information content (AvgIpc) is 2.71. The highest BCUT2D eigenvalue weighted by Gasteiger charge is 2.08. The van der Waals surface area contributed by atoms with Crippen LogP contribution >= 0.6 is 11.5 Å². The highest BCUT2D eigenvalue weighted by Crippen LogP contribution is 2.28. The second-order valence-electron chi connectivity index (χ2n) is 3.51. The molecule has 0 fully saturated rings. The van der Waals surface area contributed by atoms with Crippen molar-refractivity contribution in [1.82, 2.24) is 9.36 Å². The van der Waals surface area contributed by atoms with Crippen molar-refractivity contribution < 1.29 is 9.13 Å². The van der Waals surface area contributed by atoms with Gasteiger partial charge in [0.2, 0.25) is 0 Å². The largest absolute Gasteiger partial charge is 0.428 e. The van der Waals surface area contributed by atoms with Gasteiger partial charge in [0.05, 0.1) is 5.69 Å². The SMILES string of the molecule is CCCc1nsc(Oc2ccc(F)cc2N)n1. The number of halogens is 1. The van der Waals surface area contributed by atoms with Crippen LogP contribution in [0.5, 0.6) is 10.9 Å². The van der Waals surface area contributed by atoms with Crippen LogP contribution in [-0.2, 0) is 6.42 Å². The summed E-state index contributed by atoms with van der Waals surface area (Å²) in [5, 5.41) is 0.423. The Morgan fingerprint density at radius 2 is 2.29 bits per heavy atom. The summed E-state index contributed by atoms with van der Waals surface area (Å²) in [5.41, 5.74) is 5.87. The fourth-order valence-electron chi connectivity index (χ4n) is 1.31. The molecule has 0 radical (unpaired) electrons. The third kappa shape index (κ3) is 2.91. The molecule has 17 heavy (non-hydrogen) atoms. The summed E-state index contributed by atoms with van der Waals surface area (Å²) < 4.78 is 22.4. The van der Waals surface area contributed by atoms with Gasteiger partial charge in [-0.05, 0) is 18.6 Å². The number of aromatic nitrogens is 2. The van der Waals surface area contributed by atoms with E-state index in [1.165, 1.54) is 18.2 Å². The van der Waals surface area contributed by atoms with Crippen LogP contribution in [0, 0.1) is 5.82 Å². The topological polar surface area (TPSA) is 61.0 Å². The summed E-state index contributed by atoms with van der Waals surface area (Å²) in [6.45, 7) is 2.06. The summed E-state index contributed by atoms with van der Waals surface area (Å²) in [6, 6.07) is 3.98. The van der Waals surface area contributed by atoms with Gasteiger partial charge in [-0.2, -0.15) is 9.36 Å². The van der Waals surface area contributed by atoms with Crippen molar-refractivity contribution in [2.45, 2.75) is 19.8 Å². The minimum atomic E-state index is -0.390. The van der Waals surface area contributed by atoms with Crippen molar-refractivity contribution in [2.75, 3.05) is 5.73 Å². The smallest absolute Gasteiger partial charge is 0.298 e. The van der Waals surface area contributed by atoms with Gasteiger partial charge in [0, 0.05) is 24.0 Å². The number of rotatable bonds is 4. The second kappa shape index (κ2) is 5.09. The second-order valence-corrected chi connectivity index (χ2v) is 4.23. The molecule has 0 bridgehead atoms. The molecule has 2 rings (SSSR count). The Hall–Kier alpha value is -1.69. The molecule has 0 saturated heterocycles. The van der Waals surface area contributed by atoms with Crippen LogP contribution in [0.1, 0.15) is 19.2 Å². The molecule has 0 aliphatic carbocycles. The summed E-state index contributed by atoms with van der Waals surface area (Å²) >= 11 is 1.16. The van der Waals surface area contributed by atoms with Crippen molar-refractivity contribution in [1.29, 1.82) is 0 Å². The Morgan fingerprint density at radius 1 is 1.47 bits per heavy atom. The van der Waals surface area contributed by atoms with Crippen LogP contribution in [0.4, 0.5) is 10.1 Å². The molecule has 90 valence electrons. The molecular weight excluding hydrogens is 241 g/mol. The highest BCUT2D eigenvalue weighted by molar-refractivity contribution is 7.07. The number of nitrogens with zero attached hydrogens (tertiary/aromatic N) is 2. The number of hydrogen-bond acceptors (Lipinski definition) is 5. The van der Waals surface area contributed by atoms with E-state index in [9.17, 15) is 4.39 Å². The molecule has 1 heterocycles. The molecule has 0 aliphatic heterocycles. The van der Waals surface area contributed by atoms with Gasteiger partial charge >= 0.3 is 0 Å². The van der Waals surface area contributed by atoms with E-state index in [1.807, 2.05) is 0 Å². The molecule has 1 aromatic carbocycles. The first-order chi connectivity index (χ1) is 8.19. The lowest BCUT2D eigenvalue weighted by Gasteiger charge is -2.04. The van der Waals surface area contributed by atoms with Gasteiger partial charge < -0.3 is 10.5 Å². The minimum Gasteiger partial charge on any atom is -0.428 e. The van der Waals surface area contributed by atoms with E-state index in [0.717, 1.165) is 30.2 Å². The lowest BCUT2D eigenvalue weighted by atomic mass is 10.3. The van der Waals surface area contributed by atoms with E-state index in [4.69, 9.17) is 10.5 Å². The highest BCUT2D eigenvalue weighted by atomic mass is 32.1. The average molecular weight is 253 g/mol. The van der Waals surface area contributed by atoms with Crippen LogP contribution < -0.4 is 10.5 Å². The van der Waals surface area contributed by atoms with Gasteiger partial charge in [0.15, 0.2) is 5.75 Å². The van der Waals surface area contributed by atoms with Crippen LogP contribution in [0.25, 0.3) is 0 Å². The maximum absolute atomic E-state index is 12.8. The molecule has 0 amide bonds. The first-order valence-corrected chi connectivity index (χ1v) is 6.02. The number of benzene rings is 1. The predicted molar refractivity (Wildman–Crippen MR) is 64.8 cm³/mol.